The molecule has 0 aliphatic heterocycles. The van der Waals surface area contributed by atoms with Crippen molar-refractivity contribution in [1.82, 2.24) is 10.3 Å². The van der Waals surface area contributed by atoms with Gasteiger partial charge in [0.1, 0.15) is 11.7 Å². The first kappa shape index (κ1) is 15.3. The Morgan fingerprint density at radius 1 is 1.38 bits per heavy atom. The molecule has 0 aliphatic carbocycles. The second-order valence-electron chi connectivity index (χ2n) is 4.66. The van der Waals surface area contributed by atoms with E-state index in [-0.39, 0.29) is 5.69 Å². The minimum Gasteiger partial charge on any atom is -0.480 e. The molecule has 2 aromatic rings. The van der Waals surface area contributed by atoms with Crippen LogP contribution in [0.1, 0.15) is 30.3 Å². The number of nitrogens with zero attached hydrogens (tertiary/aromatic N) is 1. The lowest BCUT2D eigenvalue weighted by Gasteiger charge is -2.13. The molecule has 0 bridgehead atoms. The van der Waals surface area contributed by atoms with Gasteiger partial charge < -0.3 is 10.4 Å². The van der Waals surface area contributed by atoms with Crippen molar-refractivity contribution in [2.24, 2.45) is 0 Å². The summed E-state index contributed by atoms with van der Waals surface area (Å²) in [5, 5.41) is 12.7. The van der Waals surface area contributed by atoms with Crippen molar-refractivity contribution in [3.8, 4) is 0 Å². The number of rotatable bonds is 5. The smallest absolute Gasteiger partial charge is 0.326 e. The van der Waals surface area contributed by atoms with E-state index >= 15 is 0 Å². The lowest BCUT2D eigenvalue weighted by molar-refractivity contribution is -0.139. The number of halogens is 1. The van der Waals surface area contributed by atoms with Gasteiger partial charge in [0.25, 0.3) is 5.91 Å². The molecule has 1 unspecified atom stereocenters. The molecule has 5 nitrogen and oxygen atoms in total. The van der Waals surface area contributed by atoms with E-state index in [1.165, 1.54) is 6.07 Å². The van der Waals surface area contributed by atoms with Gasteiger partial charge in [0.15, 0.2) is 0 Å². The van der Waals surface area contributed by atoms with E-state index in [1.54, 1.807) is 12.1 Å². The predicted molar refractivity (Wildman–Crippen MR) is 80.6 cm³/mol. The van der Waals surface area contributed by atoms with E-state index < -0.39 is 17.9 Å². The molecule has 1 amide bonds. The van der Waals surface area contributed by atoms with Crippen LogP contribution in [0.15, 0.2) is 30.3 Å². The molecule has 21 heavy (non-hydrogen) atoms. The maximum absolute atomic E-state index is 12.1. The van der Waals surface area contributed by atoms with Crippen LogP contribution in [0.5, 0.6) is 0 Å². The fourth-order valence-electron chi connectivity index (χ4n) is 2.03. The van der Waals surface area contributed by atoms with Crippen LogP contribution >= 0.6 is 11.6 Å². The lowest BCUT2D eigenvalue weighted by atomic mass is 10.1. The molecule has 2 rings (SSSR count). The molecule has 0 fully saturated rings. The Kier molecular flexibility index (Phi) is 4.75. The number of amides is 1. The standard InChI is InChI=1S/C15H15ClN2O3/c1-2-5-12(15(20)21)18-14(19)13-8-10(16)9-6-3-4-7-11(9)17-13/h3-4,6-8,12H,2,5H2,1H3,(H,18,19)(H,20,21). The highest BCUT2D eigenvalue weighted by molar-refractivity contribution is 6.35. The summed E-state index contributed by atoms with van der Waals surface area (Å²) in [6.45, 7) is 1.85. The van der Waals surface area contributed by atoms with Crippen LogP contribution in [-0.4, -0.2) is 28.0 Å². The normalized spacial score (nSPS) is 12.1. The summed E-state index contributed by atoms with van der Waals surface area (Å²) in [5.41, 5.74) is 0.707. The molecule has 0 aliphatic rings. The molecule has 1 aromatic heterocycles. The van der Waals surface area contributed by atoms with Crippen molar-refractivity contribution in [2.75, 3.05) is 0 Å². The van der Waals surface area contributed by atoms with Crippen molar-refractivity contribution in [2.45, 2.75) is 25.8 Å². The number of aliphatic carboxylic acids is 1. The Labute approximate surface area is 126 Å². The van der Waals surface area contributed by atoms with Crippen LogP contribution in [0.4, 0.5) is 0 Å². The Balaban J connectivity index is 2.29. The zero-order valence-corrected chi connectivity index (χ0v) is 12.2. The molecule has 6 heteroatoms. The summed E-state index contributed by atoms with van der Waals surface area (Å²) in [6.07, 6.45) is 1.02. The molecule has 2 N–H and O–H groups in total. The maximum atomic E-state index is 12.1. The van der Waals surface area contributed by atoms with Crippen LogP contribution in [0.3, 0.4) is 0 Å². The van der Waals surface area contributed by atoms with Crippen molar-refractivity contribution in [3.63, 3.8) is 0 Å². The highest BCUT2D eigenvalue weighted by atomic mass is 35.5. The molecule has 0 saturated carbocycles. The van der Waals surface area contributed by atoms with Crippen molar-refractivity contribution < 1.29 is 14.7 Å². The van der Waals surface area contributed by atoms with E-state index in [1.807, 2.05) is 19.1 Å². The van der Waals surface area contributed by atoms with E-state index in [4.69, 9.17) is 16.7 Å². The van der Waals surface area contributed by atoms with Crippen molar-refractivity contribution >= 4 is 34.4 Å². The third-order valence-corrected chi connectivity index (χ3v) is 3.39. The van der Waals surface area contributed by atoms with Crippen LogP contribution in [0.25, 0.3) is 10.9 Å². The monoisotopic (exact) mass is 306 g/mol. The molecule has 0 saturated heterocycles. The van der Waals surface area contributed by atoms with Gasteiger partial charge in [-0.3, -0.25) is 4.79 Å². The quantitative estimate of drug-likeness (QED) is 0.890. The van der Waals surface area contributed by atoms with E-state index in [2.05, 4.69) is 10.3 Å². The summed E-state index contributed by atoms with van der Waals surface area (Å²) in [5.74, 6) is -1.60. The fourth-order valence-corrected chi connectivity index (χ4v) is 2.29. The summed E-state index contributed by atoms with van der Waals surface area (Å²) in [6, 6.07) is 7.71. The number of hydrogen-bond donors (Lipinski definition) is 2. The Hall–Kier alpha value is -2.14. The average molecular weight is 307 g/mol. The molecule has 1 heterocycles. The zero-order chi connectivity index (χ0) is 15.4. The van der Waals surface area contributed by atoms with E-state index in [0.29, 0.717) is 23.4 Å². The number of benzene rings is 1. The predicted octanol–water partition coefficient (Wildman–Crippen LogP) is 2.87. The highest BCUT2D eigenvalue weighted by Crippen LogP contribution is 2.22. The first-order valence-electron chi connectivity index (χ1n) is 6.62. The second kappa shape index (κ2) is 6.54. The van der Waals surface area contributed by atoms with Gasteiger partial charge in [-0.05, 0) is 18.6 Å². The summed E-state index contributed by atoms with van der Waals surface area (Å²) < 4.78 is 0. The number of hydrogen-bond acceptors (Lipinski definition) is 3. The first-order valence-corrected chi connectivity index (χ1v) is 6.99. The van der Waals surface area contributed by atoms with Crippen LogP contribution < -0.4 is 5.32 Å². The number of carbonyl (C=O) groups excluding carboxylic acids is 1. The Morgan fingerprint density at radius 2 is 2.10 bits per heavy atom. The number of carboxylic acid groups (broad SMARTS) is 1. The molecule has 0 spiro atoms. The minimum absolute atomic E-state index is 0.112. The highest BCUT2D eigenvalue weighted by Gasteiger charge is 2.20. The molecule has 1 aromatic carbocycles. The fraction of sp³-hybridized carbons (Fsp3) is 0.267. The summed E-state index contributed by atoms with van der Waals surface area (Å²) in [7, 11) is 0. The number of pyridine rings is 1. The molecule has 1 atom stereocenters. The van der Waals surface area contributed by atoms with Crippen LogP contribution in [0, 0.1) is 0 Å². The van der Waals surface area contributed by atoms with Gasteiger partial charge in [-0.15, -0.1) is 0 Å². The number of carboxylic acids is 1. The molecule has 110 valence electrons. The van der Waals surface area contributed by atoms with Crippen LogP contribution in [0.2, 0.25) is 5.02 Å². The molecular weight excluding hydrogens is 292 g/mol. The van der Waals surface area contributed by atoms with Gasteiger partial charge in [0.2, 0.25) is 0 Å². The number of para-hydroxylation sites is 1. The topological polar surface area (TPSA) is 79.3 Å². The van der Waals surface area contributed by atoms with E-state index in [9.17, 15) is 9.59 Å². The summed E-state index contributed by atoms with van der Waals surface area (Å²) in [4.78, 5) is 27.4. The van der Waals surface area contributed by atoms with Gasteiger partial charge in [-0.25, -0.2) is 9.78 Å². The van der Waals surface area contributed by atoms with Crippen LogP contribution in [-0.2, 0) is 4.79 Å². The number of aromatic nitrogens is 1. The Morgan fingerprint density at radius 3 is 2.76 bits per heavy atom. The SMILES string of the molecule is CCCC(NC(=O)c1cc(Cl)c2ccccc2n1)C(=O)O. The largest absolute Gasteiger partial charge is 0.480 e. The number of fused-ring (bicyclic) bond motifs is 1. The zero-order valence-electron chi connectivity index (χ0n) is 11.5. The van der Waals surface area contributed by atoms with Gasteiger partial charge in [0, 0.05) is 5.39 Å². The Bertz CT molecular complexity index is 688. The average Bonchev–Trinajstić information content (AvgIpc) is 2.46. The minimum atomic E-state index is -1.06. The third kappa shape index (κ3) is 3.49. The number of carbonyl (C=O) groups is 2. The van der Waals surface area contributed by atoms with Gasteiger partial charge in [0.05, 0.1) is 10.5 Å². The third-order valence-electron chi connectivity index (χ3n) is 3.08. The van der Waals surface area contributed by atoms with Gasteiger partial charge >= 0.3 is 5.97 Å². The van der Waals surface area contributed by atoms with Crippen molar-refractivity contribution in [1.29, 1.82) is 0 Å². The second-order valence-corrected chi connectivity index (χ2v) is 5.07. The van der Waals surface area contributed by atoms with Crippen molar-refractivity contribution in [3.05, 3.63) is 41.0 Å². The van der Waals surface area contributed by atoms with Gasteiger partial charge in [-0.2, -0.15) is 0 Å². The maximum Gasteiger partial charge on any atom is 0.326 e. The number of nitrogens with one attached hydrogen (secondary N) is 1. The summed E-state index contributed by atoms with van der Waals surface area (Å²) >= 11 is 6.13. The molecule has 0 radical (unpaired) electrons. The lowest BCUT2D eigenvalue weighted by Crippen LogP contribution is -2.40. The van der Waals surface area contributed by atoms with Gasteiger partial charge in [-0.1, -0.05) is 43.1 Å². The molecular formula is C15H15ClN2O3. The van der Waals surface area contributed by atoms with E-state index in [0.717, 1.165) is 5.39 Å². The first-order chi connectivity index (χ1) is 10.0.